The van der Waals surface area contributed by atoms with Crippen LogP contribution in [0.25, 0.3) is 11.5 Å². The molecule has 1 saturated heterocycles. The van der Waals surface area contributed by atoms with E-state index in [0.717, 1.165) is 48.0 Å². The van der Waals surface area contributed by atoms with Gasteiger partial charge in [0.15, 0.2) is 5.76 Å². The molecule has 6 heteroatoms. The standard InChI is InChI=1S/C17H19N3O2S/c1-11-8-16(22-19-11)15-4-3-6-20(15)9-14-12(2)21-17(18-14)13-5-7-23-10-13/h5,7-8,10,15H,3-4,6,9H2,1-2H3. The van der Waals surface area contributed by atoms with Gasteiger partial charge in [-0.15, -0.1) is 0 Å². The molecular formula is C17H19N3O2S. The molecule has 3 aromatic rings. The number of hydrogen-bond acceptors (Lipinski definition) is 6. The highest BCUT2D eigenvalue weighted by molar-refractivity contribution is 7.08. The molecule has 0 amide bonds. The van der Waals surface area contributed by atoms with Gasteiger partial charge in [0.25, 0.3) is 0 Å². The Hall–Kier alpha value is -1.92. The summed E-state index contributed by atoms with van der Waals surface area (Å²) < 4.78 is 11.3. The van der Waals surface area contributed by atoms with Crippen LogP contribution in [0.1, 0.15) is 41.8 Å². The van der Waals surface area contributed by atoms with Gasteiger partial charge in [0, 0.05) is 23.6 Å². The van der Waals surface area contributed by atoms with E-state index in [9.17, 15) is 0 Å². The molecule has 4 rings (SSSR count). The summed E-state index contributed by atoms with van der Waals surface area (Å²) in [6.07, 6.45) is 2.27. The van der Waals surface area contributed by atoms with Crippen LogP contribution in [0.15, 0.2) is 31.8 Å². The summed E-state index contributed by atoms with van der Waals surface area (Å²) in [4.78, 5) is 7.11. The van der Waals surface area contributed by atoms with Crippen LogP contribution in [0, 0.1) is 13.8 Å². The zero-order valence-corrected chi connectivity index (χ0v) is 14.1. The van der Waals surface area contributed by atoms with E-state index in [2.05, 4.69) is 15.4 Å². The van der Waals surface area contributed by atoms with Crippen LogP contribution in [-0.4, -0.2) is 21.6 Å². The van der Waals surface area contributed by atoms with Gasteiger partial charge in [-0.05, 0) is 44.7 Å². The minimum absolute atomic E-state index is 0.289. The Morgan fingerprint density at radius 2 is 2.30 bits per heavy atom. The first kappa shape index (κ1) is 14.7. The number of aromatic nitrogens is 2. The second-order valence-electron chi connectivity index (χ2n) is 6.03. The summed E-state index contributed by atoms with van der Waals surface area (Å²) >= 11 is 1.65. The third kappa shape index (κ3) is 2.84. The fraction of sp³-hybridized carbons (Fsp3) is 0.412. The van der Waals surface area contributed by atoms with Crippen LogP contribution in [-0.2, 0) is 6.54 Å². The zero-order valence-electron chi connectivity index (χ0n) is 13.3. The van der Waals surface area contributed by atoms with Gasteiger partial charge in [-0.25, -0.2) is 4.98 Å². The molecule has 1 unspecified atom stereocenters. The number of aryl methyl sites for hydroxylation is 2. The molecule has 0 spiro atoms. The third-order valence-corrected chi connectivity index (χ3v) is 5.04. The first-order valence-corrected chi connectivity index (χ1v) is 8.81. The van der Waals surface area contributed by atoms with Gasteiger partial charge in [0.2, 0.25) is 5.89 Å². The fourth-order valence-electron chi connectivity index (χ4n) is 3.15. The number of hydrogen-bond donors (Lipinski definition) is 0. The highest BCUT2D eigenvalue weighted by Gasteiger charge is 2.30. The second kappa shape index (κ2) is 5.94. The van der Waals surface area contributed by atoms with E-state index in [1.165, 1.54) is 6.42 Å². The lowest BCUT2D eigenvalue weighted by Gasteiger charge is -2.21. The molecule has 0 bridgehead atoms. The molecule has 0 aliphatic carbocycles. The van der Waals surface area contributed by atoms with Crippen molar-refractivity contribution in [2.45, 2.75) is 39.3 Å². The lowest BCUT2D eigenvalue weighted by molar-refractivity contribution is 0.204. The van der Waals surface area contributed by atoms with Crippen molar-refractivity contribution >= 4 is 11.3 Å². The molecule has 1 fully saturated rings. The lowest BCUT2D eigenvalue weighted by atomic mass is 10.1. The number of nitrogens with zero attached hydrogens (tertiary/aromatic N) is 3. The number of likely N-dealkylation sites (tertiary alicyclic amines) is 1. The molecule has 1 aliphatic heterocycles. The highest BCUT2D eigenvalue weighted by atomic mass is 32.1. The van der Waals surface area contributed by atoms with E-state index in [0.29, 0.717) is 5.89 Å². The predicted octanol–water partition coefficient (Wildman–Crippen LogP) is 4.35. The maximum absolute atomic E-state index is 5.85. The van der Waals surface area contributed by atoms with Crippen LogP contribution in [0.3, 0.4) is 0 Å². The quantitative estimate of drug-likeness (QED) is 0.712. The SMILES string of the molecule is Cc1cc(C2CCCN2Cc2nc(-c3ccsc3)oc2C)on1. The first-order chi connectivity index (χ1) is 11.2. The van der Waals surface area contributed by atoms with Crippen LogP contribution >= 0.6 is 11.3 Å². The average Bonchev–Trinajstić information content (AvgIpc) is 3.28. The van der Waals surface area contributed by atoms with Crippen molar-refractivity contribution in [3.8, 4) is 11.5 Å². The maximum Gasteiger partial charge on any atom is 0.227 e. The van der Waals surface area contributed by atoms with Gasteiger partial charge >= 0.3 is 0 Å². The third-order valence-electron chi connectivity index (χ3n) is 4.35. The molecule has 5 nitrogen and oxygen atoms in total. The molecule has 23 heavy (non-hydrogen) atoms. The van der Waals surface area contributed by atoms with Gasteiger partial charge in [-0.1, -0.05) is 5.16 Å². The average molecular weight is 329 g/mol. The van der Waals surface area contributed by atoms with Crippen LogP contribution in [0.2, 0.25) is 0 Å². The summed E-state index contributed by atoms with van der Waals surface area (Å²) in [6.45, 7) is 5.78. The van der Waals surface area contributed by atoms with E-state index >= 15 is 0 Å². The molecule has 0 saturated carbocycles. The molecule has 1 aliphatic rings. The van der Waals surface area contributed by atoms with Crippen LogP contribution < -0.4 is 0 Å². The van der Waals surface area contributed by atoms with Crippen molar-refractivity contribution in [1.29, 1.82) is 0 Å². The van der Waals surface area contributed by atoms with Gasteiger partial charge in [0.1, 0.15) is 5.76 Å². The number of thiophene rings is 1. The Kier molecular flexibility index (Phi) is 3.79. The largest absolute Gasteiger partial charge is 0.441 e. The molecule has 3 aromatic heterocycles. The molecule has 1 atom stereocenters. The Bertz CT molecular complexity index is 791. The molecular weight excluding hydrogens is 310 g/mol. The maximum atomic E-state index is 5.85. The summed E-state index contributed by atoms with van der Waals surface area (Å²) in [6, 6.07) is 4.36. The van der Waals surface area contributed by atoms with Crippen molar-refractivity contribution in [2.24, 2.45) is 0 Å². The second-order valence-corrected chi connectivity index (χ2v) is 6.81. The van der Waals surface area contributed by atoms with E-state index in [-0.39, 0.29) is 6.04 Å². The zero-order chi connectivity index (χ0) is 15.8. The van der Waals surface area contributed by atoms with Crippen molar-refractivity contribution in [1.82, 2.24) is 15.0 Å². The van der Waals surface area contributed by atoms with Crippen molar-refractivity contribution in [2.75, 3.05) is 6.54 Å². The minimum Gasteiger partial charge on any atom is -0.441 e. The Labute approximate surface area is 138 Å². The Balaban J connectivity index is 1.55. The number of oxazole rings is 1. The summed E-state index contributed by atoms with van der Waals surface area (Å²) in [5.74, 6) is 2.56. The fourth-order valence-corrected chi connectivity index (χ4v) is 3.78. The molecule has 120 valence electrons. The smallest absolute Gasteiger partial charge is 0.227 e. The van der Waals surface area contributed by atoms with E-state index in [1.54, 1.807) is 11.3 Å². The first-order valence-electron chi connectivity index (χ1n) is 7.87. The molecule has 0 radical (unpaired) electrons. The number of rotatable bonds is 4. The van der Waals surface area contributed by atoms with Crippen LogP contribution in [0.5, 0.6) is 0 Å². The Morgan fingerprint density at radius 3 is 3.04 bits per heavy atom. The normalized spacial score (nSPS) is 18.8. The summed E-state index contributed by atoms with van der Waals surface area (Å²) in [5.41, 5.74) is 2.99. The van der Waals surface area contributed by atoms with Crippen molar-refractivity contribution in [3.05, 3.63) is 45.8 Å². The Morgan fingerprint density at radius 1 is 1.39 bits per heavy atom. The van der Waals surface area contributed by atoms with E-state index < -0.39 is 0 Å². The molecule has 0 N–H and O–H groups in total. The molecule has 0 aromatic carbocycles. The summed E-state index contributed by atoms with van der Waals surface area (Å²) in [5, 5.41) is 8.12. The summed E-state index contributed by atoms with van der Waals surface area (Å²) in [7, 11) is 0. The van der Waals surface area contributed by atoms with Gasteiger partial charge < -0.3 is 8.94 Å². The van der Waals surface area contributed by atoms with Gasteiger partial charge in [-0.3, -0.25) is 4.90 Å². The molecule has 4 heterocycles. The lowest BCUT2D eigenvalue weighted by Crippen LogP contribution is -2.23. The minimum atomic E-state index is 0.289. The van der Waals surface area contributed by atoms with E-state index in [1.807, 2.05) is 31.4 Å². The highest BCUT2D eigenvalue weighted by Crippen LogP contribution is 2.34. The van der Waals surface area contributed by atoms with E-state index in [4.69, 9.17) is 13.9 Å². The predicted molar refractivity (Wildman–Crippen MR) is 88.2 cm³/mol. The van der Waals surface area contributed by atoms with Gasteiger partial charge in [0.05, 0.1) is 17.4 Å². The topological polar surface area (TPSA) is 55.3 Å². The van der Waals surface area contributed by atoms with Crippen molar-refractivity contribution in [3.63, 3.8) is 0 Å². The van der Waals surface area contributed by atoms with Crippen LogP contribution in [0.4, 0.5) is 0 Å². The monoisotopic (exact) mass is 329 g/mol. The van der Waals surface area contributed by atoms with Crippen molar-refractivity contribution < 1.29 is 8.94 Å². The van der Waals surface area contributed by atoms with Gasteiger partial charge in [-0.2, -0.15) is 11.3 Å².